The molecular weight excluding hydrogens is 350 g/mol. The van der Waals surface area contributed by atoms with Crippen LogP contribution in [-0.2, 0) is 4.74 Å². The predicted molar refractivity (Wildman–Crippen MR) is 109 cm³/mol. The third-order valence-electron chi connectivity index (χ3n) is 6.38. The number of aryl methyl sites for hydroxylation is 1. The first-order valence-electron chi connectivity index (χ1n) is 10.2. The molecule has 28 heavy (non-hydrogen) atoms. The van der Waals surface area contributed by atoms with Crippen LogP contribution in [0.25, 0.3) is 0 Å². The van der Waals surface area contributed by atoms with Gasteiger partial charge in [0.1, 0.15) is 0 Å². The lowest BCUT2D eigenvalue weighted by Gasteiger charge is -2.44. The number of benzene rings is 1. The van der Waals surface area contributed by atoms with Gasteiger partial charge in [0.05, 0.1) is 6.04 Å². The molecule has 1 aromatic heterocycles. The molecule has 1 aromatic carbocycles. The second-order valence-electron chi connectivity index (χ2n) is 8.17. The Morgan fingerprint density at radius 3 is 2.25 bits per heavy atom. The molecule has 2 aromatic rings. The highest BCUT2D eigenvalue weighted by Gasteiger charge is 2.37. The maximum Gasteiger partial charge on any atom is 0.318 e. The van der Waals surface area contributed by atoms with Gasteiger partial charge in [0.15, 0.2) is 0 Å². The number of hydrogen-bond acceptors (Lipinski definition) is 3. The molecule has 2 aliphatic heterocycles. The van der Waals surface area contributed by atoms with Crippen molar-refractivity contribution in [1.82, 2.24) is 15.2 Å². The molecule has 2 aliphatic rings. The van der Waals surface area contributed by atoms with Crippen molar-refractivity contribution in [2.24, 2.45) is 5.41 Å². The number of amides is 2. The van der Waals surface area contributed by atoms with Crippen molar-refractivity contribution in [3.05, 3.63) is 65.5 Å². The number of carbonyl (C=O) groups is 1. The van der Waals surface area contributed by atoms with Gasteiger partial charge in [-0.3, -0.25) is 4.98 Å². The van der Waals surface area contributed by atoms with Crippen LogP contribution in [0, 0.1) is 12.3 Å². The third-order valence-corrected chi connectivity index (χ3v) is 6.38. The van der Waals surface area contributed by atoms with Gasteiger partial charge in [-0.2, -0.15) is 0 Å². The number of aromatic nitrogens is 1. The van der Waals surface area contributed by atoms with E-state index in [1.807, 2.05) is 17.0 Å². The Labute approximate surface area is 167 Å². The van der Waals surface area contributed by atoms with Crippen molar-refractivity contribution in [2.75, 3.05) is 26.3 Å². The van der Waals surface area contributed by atoms with E-state index >= 15 is 0 Å². The molecule has 3 heterocycles. The number of urea groups is 1. The van der Waals surface area contributed by atoms with Crippen molar-refractivity contribution < 1.29 is 9.53 Å². The number of piperidine rings is 1. The number of carbonyl (C=O) groups excluding carboxylic acids is 1. The zero-order valence-corrected chi connectivity index (χ0v) is 16.6. The highest BCUT2D eigenvalue weighted by molar-refractivity contribution is 5.75. The van der Waals surface area contributed by atoms with Gasteiger partial charge in [0, 0.05) is 38.7 Å². The van der Waals surface area contributed by atoms with E-state index in [0.717, 1.165) is 63.1 Å². The SMILES string of the molecule is Cc1ccc(C(NC(=O)N2CCC3(CCOCC3)CC2)c2ccncc2)cc1. The molecule has 1 unspecified atom stereocenters. The number of pyridine rings is 1. The van der Waals surface area contributed by atoms with Gasteiger partial charge < -0.3 is 15.0 Å². The molecule has 2 amide bonds. The van der Waals surface area contributed by atoms with Crippen molar-refractivity contribution >= 4 is 6.03 Å². The van der Waals surface area contributed by atoms with Gasteiger partial charge in [-0.1, -0.05) is 29.8 Å². The quantitative estimate of drug-likeness (QED) is 0.874. The van der Waals surface area contributed by atoms with Crippen molar-refractivity contribution in [3.63, 3.8) is 0 Å². The van der Waals surface area contributed by atoms with E-state index in [4.69, 9.17) is 4.74 Å². The van der Waals surface area contributed by atoms with Crippen LogP contribution < -0.4 is 5.32 Å². The van der Waals surface area contributed by atoms with Crippen LogP contribution in [-0.4, -0.2) is 42.2 Å². The topological polar surface area (TPSA) is 54.5 Å². The third kappa shape index (κ3) is 4.20. The molecule has 2 fully saturated rings. The summed E-state index contributed by atoms with van der Waals surface area (Å²) < 4.78 is 5.53. The fourth-order valence-corrected chi connectivity index (χ4v) is 4.38. The molecule has 2 saturated heterocycles. The summed E-state index contributed by atoms with van der Waals surface area (Å²) in [5.41, 5.74) is 3.73. The van der Waals surface area contributed by atoms with Gasteiger partial charge >= 0.3 is 6.03 Å². The summed E-state index contributed by atoms with van der Waals surface area (Å²) >= 11 is 0. The highest BCUT2D eigenvalue weighted by Crippen LogP contribution is 2.40. The first kappa shape index (κ1) is 18.9. The lowest BCUT2D eigenvalue weighted by Crippen LogP contribution is -2.49. The largest absolute Gasteiger partial charge is 0.381 e. The molecule has 0 saturated carbocycles. The Morgan fingerprint density at radius 1 is 1.00 bits per heavy atom. The molecule has 5 heteroatoms. The monoisotopic (exact) mass is 379 g/mol. The van der Waals surface area contributed by atoms with Gasteiger partial charge in [-0.15, -0.1) is 0 Å². The normalized spacial score (nSPS) is 20.0. The van der Waals surface area contributed by atoms with E-state index in [9.17, 15) is 4.79 Å². The van der Waals surface area contributed by atoms with Crippen LogP contribution in [0.4, 0.5) is 4.79 Å². The Bertz CT molecular complexity index is 775. The van der Waals surface area contributed by atoms with Gasteiger partial charge in [0.2, 0.25) is 0 Å². The summed E-state index contributed by atoms with van der Waals surface area (Å²) in [6, 6.07) is 12.1. The van der Waals surface area contributed by atoms with Crippen LogP contribution in [0.5, 0.6) is 0 Å². The molecule has 5 nitrogen and oxygen atoms in total. The first-order valence-corrected chi connectivity index (χ1v) is 10.2. The molecule has 1 atom stereocenters. The van der Waals surface area contributed by atoms with Crippen molar-refractivity contribution in [1.29, 1.82) is 0 Å². The summed E-state index contributed by atoms with van der Waals surface area (Å²) in [7, 11) is 0. The summed E-state index contributed by atoms with van der Waals surface area (Å²) in [5.74, 6) is 0. The molecule has 1 N–H and O–H groups in total. The fraction of sp³-hybridized carbons (Fsp3) is 0.478. The van der Waals surface area contributed by atoms with Crippen LogP contribution in [0.3, 0.4) is 0 Å². The minimum Gasteiger partial charge on any atom is -0.381 e. The number of likely N-dealkylation sites (tertiary alicyclic amines) is 1. The molecule has 1 spiro atoms. The van der Waals surface area contributed by atoms with E-state index in [0.29, 0.717) is 5.41 Å². The second kappa shape index (κ2) is 8.31. The summed E-state index contributed by atoms with van der Waals surface area (Å²) in [4.78, 5) is 19.2. The maximum atomic E-state index is 13.1. The van der Waals surface area contributed by atoms with Gasteiger partial charge in [-0.05, 0) is 61.3 Å². The van der Waals surface area contributed by atoms with E-state index in [2.05, 4.69) is 41.5 Å². The standard InChI is InChI=1S/C23H29N3O2/c1-18-2-4-19(5-3-18)21(20-6-12-24-13-7-20)25-22(27)26-14-8-23(9-15-26)10-16-28-17-11-23/h2-7,12-13,21H,8-11,14-17H2,1H3,(H,25,27). The Hall–Kier alpha value is -2.40. The highest BCUT2D eigenvalue weighted by atomic mass is 16.5. The minimum atomic E-state index is -0.171. The van der Waals surface area contributed by atoms with Crippen LogP contribution in [0.2, 0.25) is 0 Å². The first-order chi connectivity index (χ1) is 13.7. The zero-order chi connectivity index (χ0) is 19.4. The second-order valence-corrected chi connectivity index (χ2v) is 8.17. The van der Waals surface area contributed by atoms with Crippen LogP contribution in [0.15, 0.2) is 48.8 Å². The van der Waals surface area contributed by atoms with E-state index in [1.165, 1.54) is 5.56 Å². The van der Waals surface area contributed by atoms with Gasteiger partial charge in [-0.25, -0.2) is 4.79 Å². The Morgan fingerprint density at radius 2 is 1.61 bits per heavy atom. The van der Waals surface area contributed by atoms with Crippen LogP contribution >= 0.6 is 0 Å². The average molecular weight is 380 g/mol. The maximum absolute atomic E-state index is 13.1. The molecule has 0 aliphatic carbocycles. The molecular formula is C23H29N3O2. The zero-order valence-electron chi connectivity index (χ0n) is 16.6. The minimum absolute atomic E-state index is 0.0179. The number of ether oxygens (including phenoxy) is 1. The molecule has 0 bridgehead atoms. The molecule has 148 valence electrons. The van der Waals surface area contributed by atoms with E-state index in [1.54, 1.807) is 12.4 Å². The van der Waals surface area contributed by atoms with E-state index < -0.39 is 0 Å². The lowest BCUT2D eigenvalue weighted by atomic mass is 9.72. The fourth-order valence-electron chi connectivity index (χ4n) is 4.38. The Balaban J connectivity index is 1.46. The van der Waals surface area contributed by atoms with Crippen molar-refractivity contribution in [3.8, 4) is 0 Å². The Kier molecular flexibility index (Phi) is 5.62. The summed E-state index contributed by atoms with van der Waals surface area (Å²) in [6.07, 6.45) is 7.97. The molecule has 0 radical (unpaired) electrons. The number of nitrogens with zero attached hydrogens (tertiary/aromatic N) is 2. The average Bonchev–Trinajstić information content (AvgIpc) is 2.74. The lowest BCUT2D eigenvalue weighted by molar-refractivity contribution is -0.0146. The summed E-state index contributed by atoms with van der Waals surface area (Å²) in [6.45, 7) is 5.45. The number of hydrogen-bond donors (Lipinski definition) is 1. The smallest absolute Gasteiger partial charge is 0.318 e. The van der Waals surface area contributed by atoms with Crippen molar-refractivity contribution in [2.45, 2.75) is 38.6 Å². The number of rotatable bonds is 3. The van der Waals surface area contributed by atoms with E-state index in [-0.39, 0.29) is 12.1 Å². The predicted octanol–water partition coefficient (Wildman–Crippen LogP) is 4.08. The summed E-state index contributed by atoms with van der Waals surface area (Å²) in [5, 5.41) is 3.26. The van der Waals surface area contributed by atoms with Gasteiger partial charge in [0.25, 0.3) is 0 Å². The molecule has 4 rings (SSSR count). The number of nitrogens with one attached hydrogen (secondary N) is 1. The van der Waals surface area contributed by atoms with Crippen LogP contribution in [0.1, 0.15) is 48.4 Å².